The Morgan fingerprint density at radius 2 is 2.00 bits per heavy atom. The average Bonchev–Trinajstić information content (AvgIpc) is 2.24. The van der Waals surface area contributed by atoms with Crippen LogP contribution in [0.2, 0.25) is 0 Å². The lowest BCUT2D eigenvalue weighted by Crippen LogP contribution is -2.35. The Bertz CT molecular complexity index is 350. The molecule has 1 unspecified atom stereocenters. The van der Waals surface area contributed by atoms with Crippen LogP contribution in [0.1, 0.15) is 31.0 Å². The van der Waals surface area contributed by atoms with Gasteiger partial charge in [0.1, 0.15) is 5.82 Å². The van der Waals surface area contributed by atoms with Gasteiger partial charge in [0.25, 0.3) is 0 Å². The third-order valence-corrected chi connectivity index (χ3v) is 3.10. The predicted molar refractivity (Wildman–Crippen MR) is 65.8 cm³/mol. The summed E-state index contributed by atoms with van der Waals surface area (Å²) in [4.78, 5) is 2.20. The Labute approximate surface area is 97.3 Å². The molecule has 0 spiro atoms. The molecular weight excluding hydrogens is 203 g/mol. The second kappa shape index (κ2) is 5.41. The molecule has 0 bridgehead atoms. The number of halogens is 1. The smallest absolute Gasteiger partial charge is 0.126 e. The molecule has 1 atom stereocenters. The first-order valence-electron chi connectivity index (χ1n) is 5.65. The van der Waals surface area contributed by atoms with E-state index < -0.39 is 0 Å². The molecule has 2 nitrogen and oxygen atoms in total. The summed E-state index contributed by atoms with van der Waals surface area (Å²) in [5.74, 6) is -0.160. The summed E-state index contributed by atoms with van der Waals surface area (Å²) >= 11 is 0. The van der Waals surface area contributed by atoms with Crippen molar-refractivity contribution in [3.05, 3.63) is 35.1 Å². The Kier molecular flexibility index (Phi) is 4.44. The number of hydrogen-bond donors (Lipinski definition) is 1. The molecule has 0 aromatic heterocycles. The third kappa shape index (κ3) is 2.80. The van der Waals surface area contributed by atoms with Crippen LogP contribution in [0.4, 0.5) is 4.39 Å². The molecule has 16 heavy (non-hydrogen) atoms. The highest BCUT2D eigenvalue weighted by molar-refractivity contribution is 5.26. The van der Waals surface area contributed by atoms with Gasteiger partial charge in [-0.1, -0.05) is 12.1 Å². The Morgan fingerprint density at radius 1 is 1.38 bits per heavy atom. The lowest BCUT2D eigenvalue weighted by atomic mass is 10.0. The van der Waals surface area contributed by atoms with Crippen molar-refractivity contribution in [2.75, 3.05) is 13.6 Å². The average molecular weight is 224 g/mol. The molecule has 0 fully saturated rings. The molecule has 1 aromatic rings. The van der Waals surface area contributed by atoms with Gasteiger partial charge in [-0.05, 0) is 45.0 Å². The van der Waals surface area contributed by atoms with Crippen molar-refractivity contribution in [3.8, 4) is 0 Å². The van der Waals surface area contributed by atoms with Gasteiger partial charge < -0.3 is 5.73 Å². The summed E-state index contributed by atoms with van der Waals surface area (Å²) in [5.41, 5.74) is 7.55. The zero-order valence-electron chi connectivity index (χ0n) is 10.5. The van der Waals surface area contributed by atoms with Crippen LogP contribution in [0.5, 0.6) is 0 Å². The van der Waals surface area contributed by atoms with Gasteiger partial charge in [-0.25, -0.2) is 4.39 Å². The van der Waals surface area contributed by atoms with Crippen molar-refractivity contribution in [2.24, 2.45) is 5.73 Å². The standard InChI is InChI=1S/C13H21FN2/c1-9(2)16(4)13(8-15)11-5-6-12(14)10(3)7-11/h5-7,9,13H,8,15H2,1-4H3. The first kappa shape index (κ1) is 13.1. The zero-order valence-corrected chi connectivity index (χ0v) is 10.5. The van der Waals surface area contributed by atoms with Crippen LogP contribution < -0.4 is 5.73 Å². The summed E-state index contributed by atoms with van der Waals surface area (Å²) in [5, 5.41) is 0. The maximum absolute atomic E-state index is 13.2. The summed E-state index contributed by atoms with van der Waals surface area (Å²) in [6, 6.07) is 5.78. The van der Waals surface area contributed by atoms with Crippen molar-refractivity contribution in [1.82, 2.24) is 4.90 Å². The number of hydrogen-bond acceptors (Lipinski definition) is 2. The largest absolute Gasteiger partial charge is 0.329 e. The van der Waals surface area contributed by atoms with E-state index in [1.807, 2.05) is 19.2 Å². The van der Waals surface area contributed by atoms with E-state index in [0.717, 1.165) is 5.56 Å². The number of nitrogens with two attached hydrogens (primary N) is 1. The molecule has 0 aliphatic carbocycles. The molecule has 0 amide bonds. The van der Waals surface area contributed by atoms with Crippen molar-refractivity contribution in [1.29, 1.82) is 0 Å². The minimum atomic E-state index is -0.160. The van der Waals surface area contributed by atoms with Crippen molar-refractivity contribution < 1.29 is 4.39 Å². The molecule has 0 saturated heterocycles. The van der Waals surface area contributed by atoms with Gasteiger partial charge in [0.05, 0.1) is 0 Å². The van der Waals surface area contributed by atoms with E-state index in [4.69, 9.17) is 5.73 Å². The number of benzene rings is 1. The normalized spacial score (nSPS) is 13.5. The molecular formula is C13H21FN2. The van der Waals surface area contributed by atoms with Gasteiger partial charge in [0, 0.05) is 18.6 Å². The van der Waals surface area contributed by atoms with Crippen molar-refractivity contribution in [3.63, 3.8) is 0 Å². The second-order valence-electron chi connectivity index (χ2n) is 4.52. The van der Waals surface area contributed by atoms with E-state index in [9.17, 15) is 4.39 Å². The summed E-state index contributed by atoms with van der Waals surface area (Å²) in [7, 11) is 2.04. The third-order valence-electron chi connectivity index (χ3n) is 3.10. The first-order chi connectivity index (χ1) is 7.47. The fourth-order valence-electron chi connectivity index (χ4n) is 1.77. The van der Waals surface area contributed by atoms with Gasteiger partial charge in [-0.2, -0.15) is 0 Å². The Balaban J connectivity index is 2.99. The monoisotopic (exact) mass is 224 g/mol. The highest BCUT2D eigenvalue weighted by Gasteiger charge is 2.18. The minimum Gasteiger partial charge on any atom is -0.329 e. The maximum atomic E-state index is 13.2. The molecule has 90 valence electrons. The van der Waals surface area contributed by atoms with Gasteiger partial charge >= 0.3 is 0 Å². The fourth-order valence-corrected chi connectivity index (χ4v) is 1.77. The van der Waals surface area contributed by atoms with Gasteiger partial charge in [0.2, 0.25) is 0 Å². The molecule has 0 aliphatic rings. The molecule has 3 heteroatoms. The Hall–Kier alpha value is -0.930. The van der Waals surface area contributed by atoms with E-state index in [0.29, 0.717) is 18.2 Å². The van der Waals surface area contributed by atoms with Crippen LogP contribution in [-0.2, 0) is 0 Å². The SMILES string of the molecule is Cc1cc(C(CN)N(C)C(C)C)ccc1F. The van der Waals surface area contributed by atoms with Crippen LogP contribution in [0.25, 0.3) is 0 Å². The molecule has 1 aromatic carbocycles. The quantitative estimate of drug-likeness (QED) is 0.851. The summed E-state index contributed by atoms with van der Waals surface area (Å²) in [6.45, 7) is 6.57. The molecule has 0 heterocycles. The number of likely N-dealkylation sites (N-methyl/N-ethyl adjacent to an activating group) is 1. The lowest BCUT2D eigenvalue weighted by molar-refractivity contribution is 0.201. The van der Waals surface area contributed by atoms with E-state index in [1.165, 1.54) is 6.07 Å². The van der Waals surface area contributed by atoms with Crippen LogP contribution in [0.15, 0.2) is 18.2 Å². The van der Waals surface area contributed by atoms with Gasteiger partial charge in [0.15, 0.2) is 0 Å². The van der Waals surface area contributed by atoms with E-state index in [2.05, 4.69) is 18.7 Å². The van der Waals surface area contributed by atoms with Crippen LogP contribution in [0.3, 0.4) is 0 Å². The topological polar surface area (TPSA) is 29.3 Å². The second-order valence-corrected chi connectivity index (χ2v) is 4.52. The van der Waals surface area contributed by atoms with Crippen LogP contribution >= 0.6 is 0 Å². The summed E-state index contributed by atoms with van der Waals surface area (Å²) < 4.78 is 13.2. The molecule has 1 rings (SSSR count). The molecule has 0 saturated carbocycles. The number of aryl methyl sites for hydroxylation is 1. The van der Waals surface area contributed by atoms with Crippen LogP contribution in [-0.4, -0.2) is 24.5 Å². The number of rotatable bonds is 4. The molecule has 2 N–H and O–H groups in total. The first-order valence-corrected chi connectivity index (χ1v) is 5.65. The highest BCUT2D eigenvalue weighted by Crippen LogP contribution is 2.22. The minimum absolute atomic E-state index is 0.152. The number of nitrogens with zero attached hydrogens (tertiary/aromatic N) is 1. The van der Waals surface area contributed by atoms with E-state index >= 15 is 0 Å². The molecule has 0 radical (unpaired) electrons. The lowest BCUT2D eigenvalue weighted by Gasteiger charge is -2.31. The van der Waals surface area contributed by atoms with Gasteiger partial charge in [-0.3, -0.25) is 4.90 Å². The van der Waals surface area contributed by atoms with Crippen molar-refractivity contribution in [2.45, 2.75) is 32.9 Å². The zero-order chi connectivity index (χ0) is 12.3. The van der Waals surface area contributed by atoms with Crippen LogP contribution in [0, 0.1) is 12.7 Å². The molecule has 0 aliphatic heterocycles. The predicted octanol–water partition coefficient (Wildman–Crippen LogP) is 2.47. The Morgan fingerprint density at radius 3 is 2.44 bits per heavy atom. The summed E-state index contributed by atoms with van der Waals surface area (Å²) in [6.07, 6.45) is 0. The fraction of sp³-hybridized carbons (Fsp3) is 0.538. The van der Waals surface area contributed by atoms with Gasteiger partial charge in [-0.15, -0.1) is 0 Å². The van der Waals surface area contributed by atoms with E-state index in [-0.39, 0.29) is 11.9 Å². The highest BCUT2D eigenvalue weighted by atomic mass is 19.1. The maximum Gasteiger partial charge on any atom is 0.126 e. The van der Waals surface area contributed by atoms with E-state index in [1.54, 1.807) is 6.92 Å². The van der Waals surface area contributed by atoms with Crippen molar-refractivity contribution >= 4 is 0 Å².